The van der Waals surface area contributed by atoms with Gasteiger partial charge in [0.05, 0.1) is 25.5 Å². The lowest BCUT2D eigenvalue weighted by Crippen LogP contribution is -2.22. The van der Waals surface area contributed by atoms with Crippen LogP contribution in [0.4, 0.5) is 5.95 Å². The summed E-state index contributed by atoms with van der Waals surface area (Å²) in [5, 5.41) is 17.2. The number of rotatable bonds is 10. The van der Waals surface area contributed by atoms with Gasteiger partial charge in [-0.05, 0) is 51.1 Å². The van der Waals surface area contributed by atoms with E-state index >= 15 is 0 Å². The number of furan rings is 1. The van der Waals surface area contributed by atoms with Crippen molar-refractivity contribution in [1.29, 1.82) is 5.26 Å². The average Bonchev–Trinajstić information content (AvgIpc) is 3.46. The van der Waals surface area contributed by atoms with Gasteiger partial charge in [-0.25, -0.2) is 8.42 Å². The van der Waals surface area contributed by atoms with Crippen LogP contribution < -0.4 is 4.72 Å². The molecule has 0 aromatic carbocycles. The summed E-state index contributed by atoms with van der Waals surface area (Å²) in [5.74, 6) is 1.81. The van der Waals surface area contributed by atoms with Crippen molar-refractivity contribution in [3.05, 3.63) is 65.1 Å². The van der Waals surface area contributed by atoms with Crippen molar-refractivity contribution >= 4 is 21.7 Å². The standard InChI is InChI=1S/C23H26N6O5S/c1-6-19(33-5)21(16(3)32-4)29-22(20-10-7-15(2)34-20)26-27-23(29)28-35(30,31)12-11-18-9-8-17(13-24)14-25-18/h6-10,14H,11-12H2,1-5H3,(H,27,28)/b19-6+,21-16-. The number of methoxy groups -OCH3 is 2. The number of hydrogen-bond donors (Lipinski definition) is 1. The number of nitriles is 1. The zero-order valence-electron chi connectivity index (χ0n) is 20.1. The molecule has 3 rings (SSSR count). The third-order valence-corrected chi connectivity index (χ3v) is 6.27. The molecule has 0 aliphatic carbocycles. The molecule has 0 atom stereocenters. The molecule has 0 bridgehead atoms. The lowest BCUT2D eigenvalue weighted by molar-refractivity contribution is 0.278. The van der Waals surface area contributed by atoms with Gasteiger partial charge in [-0.2, -0.15) is 5.26 Å². The predicted octanol–water partition coefficient (Wildman–Crippen LogP) is 3.48. The Balaban J connectivity index is 2.03. The van der Waals surface area contributed by atoms with Crippen LogP contribution in [-0.4, -0.2) is 48.1 Å². The van der Waals surface area contributed by atoms with Crippen molar-refractivity contribution < 1.29 is 22.3 Å². The summed E-state index contributed by atoms with van der Waals surface area (Å²) < 4.78 is 46.7. The molecule has 0 aliphatic rings. The molecule has 12 heteroatoms. The minimum atomic E-state index is -3.87. The minimum absolute atomic E-state index is 0.0651. The van der Waals surface area contributed by atoms with E-state index in [4.69, 9.17) is 19.2 Å². The normalized spacial score (nSPS) is 12.6. The quantitative estimate of drug-likeness (QED) is 0.328. The SMILES string of the molecule is C/C=C(OC)\C(=C(/C)OC)n1c(NS(=O)(=O)CCc2ccc(C#N)cn2)nnc1-c1ccc(C)o1. The number of ether oxygens (including phenoxy) is 2. The Morgan fingerprint density at radius 1 is 1.23 bits per heavy atom. The average molecular weight is 499 g/mol. The first-order valence-corrected chi connectivity index (χ1v) is 12.2. The van der Waals surface area contributed by atoms with E-state index in [0.717, 1.165) is 0 Å². The van der Waals surface area contributed by atoms with E-state index in [1.165, 1.54) is 25.0 Å². The molecule has 11 nitrogen and oxygen atoms in total. The van der Waals surface area contributed by atoms with E-state index in [-0.39, 0.29) is 23.9 Å². The number of allylic oxidation sites excluding steroid dienone is 3. The van der Waals surface area contributed by atoms with E-state index in [1.807, 2.05) is 6.07 Å². The van der Waals surface area contributed by atoms with Crippen LogP contribution in [0.2, 0.25) is 0 Å². The summed E-state index contributed by atoms with van der Waals surface area (Å²) in [7, 11) is -0.885. The monoisotopic (exact) mass is 498 g/mol. The molecule has 35 heavy (non-hydrogen) atoms. The Bertz CT molecular complexity index is 1390. The molecule has 184 valence electrons. The Kier molecular flexibility index (Phi) is 7.93. The number of pyridine rings is 1. The molecule has 3 aromatic heterocycles. The third-order valence-electron chi connectivity index (χ3n) is 5.03. The highest BCUT2D eigenvalue weighted by Gasteiger charge is 2.27. The van der Waals surface area contributed by atoms with Crippen LogP contribution in [0.3, 0.4) is 0 Å². The van der Waals surface area contributed by atoms with Gasteiger partial charge in [0.1, 0.15) is 29.0 Å². The molecule has 0 amide bonds. The number of sulfonamides is 1. The van der Waals surface area contributed by atoms with Crippen molar-refractivity contribution in [2.45, 2.75) is 27.2 Å². The Morgan fingerprint density at radius 3 is 2.54 bits per heavy atom. The maximum absolute atomic E-state index is 13.0. The summed E-state index contributed by atoms with van der Waals surface area (Å²) in [6.07, 6.45) is 3.25. The number of anilines is 1. The second kappa shape index (κ2) is 10.9. The van der Waals surface area contributed by atoms with E-state index in [2.05, 4.69) is 19.9 Å². The van der Waals surface area contributed by atoms with Gasteiger partial charge in [0.2, 0.25) is 21.8 Å². The second-order valence-corrected chi connectivity index (χ2v) is 9.22. The minimum Gasteiger partial charge on any atom is -0.499 e. The highest BCUT2D eigenvalue weighted by molar-refractivity contribution is 7.92. The van der Waals surface area contributed by atoms with E-state index < -0.39 is 10.0 Å². The van der Waals surface area contributed by atoms with Crippen LogP contribution in [0.15, 0.2) is 52.5 Å². The van der Waals surface area contributed by atoms with Gasteiger partial charge in [0.25, 0.3) is 0 Å². The molecule has 0 unspecified atom stereocenters. The molecule has 0 saturated heterocycles. The maximum atomic E-state index is 13.0. The van der Waals surface area contributed by atoms with Crippen LogP contribution in [0, 0.1) is 18.3 Å². The van der Waals surface area contributed by atoms with Gasteiger partial charge in [-0.1, -0.05) is 0 Å². The van der Waals surface area contributed by atoms with Crippen molar-refractivity contribution in [3.8, 4) is 17.7 Å². The summed E-state index contributed by atoms with van der Waals surface area (Å²) in [5.41, 5.74) is 1.33. The van der Waals surface area contributed by atoms with Gasteiger partial charge in [0, 0.05) is 18.3 Å². The Hall–Kier alpha value is -4.11. The van der Waals surface area contributed by atoms with Crippen LogP contribution in [-0.2, 0) is 25.9 Å². The highest BCUT2D eigenvalue weighted by Crippen LogP contribution is 2.32. The number of hydrogen-bond acceptors (Lipinski definition) is 9. The fourth-order valence-electron chi connectivity index (χ4n) is 3.23. The number of nitrogens with zero attached hydrogens (tertiary/aromatic N) is 5. The zero-order valence-corrected chi connectivity index (χ0v) is 20.9. The molecule has 0 spiro atoms. The first-order valence-electron chi connectivity index (χ1n) is 10.6. The highest BCUT2D eigenvalue weighted by atomic mass is 32.2. The van der Waals surface area contributed by atoms with Gasteiger partial charge in [-0.3, -0.25) is 14.3 Å². The van der Waals surface area contributed by atoms with Gasteiger partial charge in [0.15, 0.2) is 5.76 Å². The lowest BCUT2D eigenvalue weighted by atomic mass is 10.2. The first-order chi connectivity index (χ1) is 16.7. The summed E-state index contributed by atoms with van der Waals surface area (Å²) in [6.45, 7) is 5.27. The number of aryl methyl sites for hydroxylation is 2. The third kappa shape index (κ3) is 5.88. The fraction of sp³-hybridized carbons (Fsp3) is 0.304. The fourth-order valence-corrected chi connectivity index (χ4v) is 4.22. The van der Waals surface area contributed by atoms with Crippen LogP contribution in [0.5, 0.6) is 0 Å². The van der Waals surface area contributed by atoms with E-state index in [1.54, 1.807) is 51.1 Å². The number of nitrogens with one attached hydrogen (secondary N) is 1. The molecule has 0 fully saturated rings. The van der Waals surface area contributed by atoms with Gasteiger partial charge >= 0.3 is 0 Å². The predicted molar refractivity (Wildman–Crippen MR) is 129 cm³/mol. The van der Waals surface area contributed by atoms with Crippen molar-refractivity contribution in [2.24, 2.45) is 0 Å². The maximum Gasteiger partial charge on any atom is 0.243 e. The second-order valence-electron chi connectivity index (χ2n) is 7.38. The number of aromatic nitrogens is 4. The summed E-state index contributed by atoms with van der Waals surface area (Å²) in [6, 6.07) is 8.67. The molecule has 0 radical (unpaired) electrons. The summed E-state index contributed by atoms with van der Waals surface area (Å²) >= 11 is 0. The molecule has 1 N–H and O–H groups in total. The van der Waals surface area contributed by atoms with E-state index in [9.17, 15) is 8.42 Å². The van der Waals surface area contributed by atoms with Crippen molar-refractivity contribution in [1.82, 2.24) is 19.7 Å². The molecule has 0 aliphatic heterocycles. The molecule has 3 aromatic rings. The smallest absolute Gasteiger partial charge is 0.243 e. The first kappa shape index (κ1) is 25.5. The Labute approximate surface area is 203 Å². The zero-order chi connectivity index (χ0) is 25.6. The molecule has 3 heterocycles. The molecular formula is C23H26N6O5S. The van der Waals surface area contributed by atoms with Gasteiger partial charge in [-0.15, -0.1) is 10.2 Å². The Morgan fingerprint density at radius 2 is 2.00 bits per heavy atom. The van der Waals surface area contributed by atoms with Crippen molar-refractivity contribution in [2.75, 3.05) is 24.7 Å². The van der Waals surface area contributed by atoms with Gasteiger partial charge < -0.3 is 13.9 Å². The largest absolute Gasteiger partial charge is 0.499 e. The lowest BCUT2D eigenvalue weighted by Gasteiger charge is -2.18. The summed E-state index contributed by atoms with van der Waals surface area (Å²) in [4.78, 5) is 4.12. The van der Waals surface area contributed by atoms with E-state index in [0.29, 0.717) is 40.0 Å². The van der Waals surface area contributed by atoms with Crippen LogP contribution in [0.1, 0.15) is 30.9 Å². The van der Waals surface area contributed by atoms with Crippen LogP contribution in [0.25, 0.3) is 17.3 Å². The molecular weight excluding hydrogens is 472 g/mol. The van der Waals surface area contributed by atoms with Crippen LogP contribution >= 0.6 is 0 Å². The molecule has 0 saturated carbocycles. The van der Waals surface area contributed by atoms with Crippen molar-refractivity contribution in [3.63, 3.8) is 0 Å². The topological polar surface area (TPSA) is 145 Å².